The molecule has 0 fully saturated rings. The summed E-state index contributed by atoms with van der Waals surface area (Å²) in [5.74, 6) is 0.170. The Bertz CT molecular complexity index is 420. The Morgan fingerprint density at radius 1 is 1.54 bits per heavy atom. The van der Waals surface area contributed by atoms with Crippen LogP contribution in [0.5, 0.6) is 11.5 Å². The fourth-order valence-corrected chi connectivity index (χ4v) is 1.14. The van der Waals surface area contributed by atoms with Crippen molar-refractivity contribution in [2.45, 2.75) is 6.42 Å². The number of primary amides is 1. The second-order valence-electron chi connectivity index (χ2n) is 2.71. The monoisotopic (exact) mass is 181 g/mol. The van der Waals surface area contributed by atoms with E-state index in [0.717, 1.165) is 0 Å². The van der Waals surface area contributed by atoms with Crippen molar-refractivity contribution < 1.29 is 17.0 Å². The van der Waals surface area contributed by atoms with Crippen LogP contribution < -0.4 is 15.2 Å². The van der Waals surface area contributed by atoms with E-state index in [2.05, 4.69) is 0 Å². The number of hydrogen-bond donors (Lipinski definition) is 1. The normalized spacial score (nSPS) is 19.1. The molecule has 0 aromatic heterocycles. The van der Waals surface area contributed by atoms with Crippen LogP contribution in [-0.2, 0) is 11.2 Å². The SMILES string of the molecule is [2H]C1([2H])Oc2ccc(CC(N)=O)cc2O1. The van der Waals surface area contributed by atoms with Gasteiger partial charge in [0.15, 0.2) is 11.5 Å². The minimum absolute atomic E-state index is 0.0969. The molecule has 1 heterocycles. The first kappa shape index (κ1) is 5.85. The van der Waals surface area contributed by atoms with Crippen LogP contribution in [0.15, 0.2) is 18.2 Å². The quantitative estimate of drug-likeness (QED) is 0.720. The highest BCUT2D eigenvalue weighted by atomic mass is 16.7. The van der Waals surface area contributed by atoms with Crippen molar-refractivity contribution in [2.24, 2.45) is 5.73 Å². The van der Waals surface area contributed by atoms with Crippen LogP contribution in [0.3, 0.4) is 0 Å². The minimum Gasteiger partial charge on any atom is -0.454 e. The van der Waals surface area contributed by atoms with E-state index in [1.807, 2.05) is 0 Å². The molecule has 0 aliphatic carbocycles. The molecule has 68 valence electrons. The number of carbonyl (C=O) groups excluding carboxylic acids is 1. The van der Waals surface area contributed by atoms with Gasteiger partial charge in [-0.3, -0.25) is 4.79 Å². The van der Waals surface area contributed by atoms with Crippen molar-refractivity contribution in [3.63, 3.8) is 0 Å². The third kappa shape index (κ3) is 1.56. The average Bonchev–Trinajstić information content (AvgIpc) is 2.36. The van der Waals surface area contributed by atoms with Gasteiger partial charge in [0.2, 0.25) is 12.7 Å². The molecular weight excluding hydrogens is 170 g/mol. The van der Waals surface area contributed by atoms with Crippen molar-refractivity contribution in [3.05, 3.63) is 23.8 Å². The van der Waals surface area contributed by atoms with E-state index in [0.29, 0.717) is 17.1 Å². The first-order valence-corrected chi connectivity index (χ1v) is 3.75. The maximum absolute atomic E-state index is 10.7. The van der Waals surface area contributed by atoms with Crippen molar-refractivity contribution in [1.82, 2.24) is 0 Å². The molecule has 0 saturated heterocycles. The maximum Gasteiger partial charge on any atom is 0.231 e. The highest BCUT2D eigenvalue weighted by Gasteiger charge is 2.13. The molecule has 0 atom stereocenters. The summed E-state index contributed by atoms with van der Waals surface area (Å²) in [7, 11) is 0. The Morgan fingerprint density at radius 2 is 2.31 bits per heavy atom. The number of hydrogen-bond acceptors (Lipinski definition) is 3. The van der Waals surface area contributed by atoms with Crippen LogP contribution in [0.2, 0.25) is 0 Å². The summed E-state index contributed by atoms with van der Waals surface area (Å²) in [5, 5.41) is 0. The Labute approximate surface area is 78.1 Å². The molecule has 2 N–H and O–H groups in total. The van der Waals surface area contributed by atoms with E-state index in [1.165, 1.54) is 0 Å². The smallest absolute Gasteiger partial charge is 0.231 e. The first-order valence-electron chi connectivity index (χ1n) is 4.75. The third-order valence-corrected chi connectivity index (χ3v) is 1.69. The van der Waals surface area contributed by atoms with Gasteiger partial charge in [0.05, 0.1) is 6.42 Å². The van der Waals surface area contributed by atoms with Crippen molar-refractivity contribution in [3.8, 4) is 11.5 Å². The van der Waals surface area contributed by atoms with E-state index in [9.17, 15) is 4.79 Å². The summed E-state index contributed by atoms with van der Waals surface area (Å²) < 4.78 is 24.2. The predicted molar refractivity (Wildman–Crippen MR) is 45.5 cm³/mol. The molecule has 0 saturated carbocycles. The molecule has 1 amide bonds. The van der Waals surface area contributed by atoms with Crippen molar-refractivity contribution in [1.29, 1.82) is 0 Å². The first-order chi connectivity index (χ1) is 6.96. The number of fused-ring (bicyclic) bond motifs is 1. The van der Waals surface area contributed by atoms with Crippen molar-refractivity contribution >= 4 is 5.91 Å². The Hall–Kier alpha value is -1.71. The van der Waals surface area contributed by atoms with Crippen LogP contribution in [0.4, 0.5) is 0 Å². The zero-order valence-corrected chi connectivity index (χ0v) is 6.74. The number of ether oxygens (including phenoxy) is 2. The van der Waals surface area contributed by atoms with Crippen LogP contribution >= 0.6 is 0 Å². The molecule has 1 aliphatic heterocycles. The molecule has 0 bridgehead atoms. The maximum atomic E-state index is 10.7. The molecule has 0 spiro atoms. The molecule has 4 nitrogen and oxygen atoms in total. The fraction of sp³-hybridized carbons (Fsp3) is 0.222. The van der Waals surface area contributed by atoms with E-state index in [-0.39, 0.29) is 6.42 Å². The Kier molecular flexibility index (Phi) is 1.34. The largest absolute Gasteiger partial charge is 0.454 e. The van der Waals surface area contributed by atoms with Gasteiger partial charge in [0, 0.05) is 0 Å². The number of carbonyl (C=O) groups is 1. The lowest BCUT2D eigenvalue weighted by molar-refractivity contribution is -0.117. The second-order valence-corrected chi connectivity index (χ2v) is 2.71. The molecule has 2 rings (SSSR count). The zero-order valence-electron chi connectivity index (χ0n) is 8.74. The van der Waals surface area contributed by atoms with E-state index in [1.54, 1.807) is 18.2 Å². The van der Waals surface area contributed by atoms with Gasteiger partial charge in [-0.1, -0.05) is 6.07 Å². The van der Waals surface area contributed by atoms with Gasteiger partial charge in [-0.15, -0.1) is 0 Å². The number of amides is 1. The highest BCUT2D eigenvalue weighted by Crippen LogP contribution is 2.32. The summed E-state index contributed by atoms with van der Waals surface area (Å²) in [4.78, 5) is 10.7. The van der Waals surface area contributed by atoms with Gasteiger partial charge < -0.3 is 15.2 Å². The van der Waals surface area contributed by atoms with E-state index in [4.69, 9.17) is 17.9 Å². The Balaban J connectivity index is 2.26. The zero-order chi connectivity index (χ0) is 11.1. The van der Waals surface area contributed by atoms with Crippen LogP contribution in [0.25, 0.3) is 0 Å². The van der Waals surface area contributed by atoms with Gasteiger partial charge in [0.25, 0.3) is 0 Å². The fourth-order valence-electron chi connectivity index (χ4n) is 1.14. The van der Waals surface area contributed by atoms with Crippen molar-refractivity contribution in [2.75, 3.05) is 6.75 Å². The molecule has 0 radical (unpaired) electrons. The minimum atomic E-state index is -2.13. The molecule has 4 heteroatoms. The number of rotatable bonds is 2. The average molecular weight is 181 g/mol. The van der Waals surface area contributed by atoms with Gasteiger partial charge >= 0.3 is 0 Å². The lowest BCUT2D eigenvalue weighted by Gasteiger charge is -1.99. The van der Waals surface area contributed by atoms with Gasteiger partial charge in [0.1, 0.15) is 2.74 Å². The van der Waals surface area contributed by atoms with Gasteiger partial charge in [-0.2, -0.15) is 0 Å². The van der Waals surface area contributed by atoms with Gasteiger partial charge in [-0.05, 0) is 17.7 Å². The highest BCUT2D eigenvalue weighted by molar-refractivity contribution is 5.76. The summed E-state index contributed by atoms with van der Waals surface area (Å²) in [6.07, 6.45) is 0.0969. The Morgan fingerprint density at radius 3 is 3.08 bits per heavy atom. The summed E-state index contributed by atoms with van der Waals surface area (Å²) in [6, 6.07) is 4.75. The number of nitrogens with two attached hydrogens (primary N) is 1. The standard InChI is InChI=1S/C9H9NO3/c10-9(11)4-6-1-2-7-8(3-6)13-5-12-7/h1-3H,4-5H2,(H2,10,11)/i5D2. The summed E-state index contributed by atoms with van der Waals surface area (Å²) in [6.45, 7) is -2.13. The van der Waals surface area contributed by atoms with Crippen LogP contribution in [-0.4, -0.2) is 12.7 Å². The summed E-state index contributed by atoms with van der Waals surface area (Å²) >= 11 is 0. The van der Waals surface area contributed by atoms with Crippen LogP contribution in [0, 0.1) is 0 Å². The van der Waals surface area contributed by atoms with E-state index < -0.39 is 12.7 Å². The molecule has 13 heavy (non-hydrogen) atoms. The lowest BCUT2D eigenvalue weighted by Crippen LogP contribution is -2.13. The van der Waals surface area contributed by atoms with Crippen LogP contribution in [0.1, 0.15) is 8.30 Å². The lowest BCUT2D eigenvalue weighted by atomic mass is 10.1. The molecular formula is C9H9NO3. The topological polar surface area (TPSA) is 61.5 Å². The van der Waals surface area contributed by atoms with Gasteiger partial charge in [-0.25, -0.2) is 0 Å². The molecule has 0 unspecified atom stereocenters. The number of benzene rings is 1. The third-order valence-electron chi connectivity index (χ3n) is 1.69. The molecule has 1 aromatic carbocycles. The summed E-state index contributed by atoms with van der Waals surface area (Å²) in [5.41, 5.74) is 5.71. The second kappa shape index (κ2) is 2.97. The molecule has 1 aromatic rings. The predicted octanol–water partition coefficient (Wildman–Crippen LogP) is 0.443. The van der Waals surface area contributed by atoms with E-state index >= 15 is 0 Å². The molecule has 1 aliphatic rings.